The van der Waals surface area contributed by atoms with Crippen LogP contribution in [0.5, 0.6) is 11.5 Å². The number of methoxy groups -OCH3 is 1. The van der Waals surface area contributed by atoms with E-state index in [0.29, 0.717) is 5.75 Å². The zero-order valence-electron chi connectivity index (χ0n) is 11.4. The van der Waals surface area contributed by atoms with E-state index in [1.54, 1.807) is 13.2 Å². The van der Waals surface area contributed by atoms with Crippen molar-refractivity contribution >= 4 is 0 Å². The van der Waals surface area contributed by atoms with Gasteiger partial charge in [0.05, 0.1) is 7.11 Å². The maximum Gasteiger partial charge on any atom is 0.160 e. The second-order valence-electron chi connectivity index (χ2n) is 5.59. The number of nitrogens with one attached hydrogen (secondary N) is 1. The zero-order chi connectivity index (χ0) is 13.1. The molecule has 3 heteroatoms. The normalized spacial score (nSPS) is 13.5. The number of ether oxygens (including phenoxy) is 1. The summed E-state index contributed by atoms with van der Waals surface area (Å²) >= 11 is 0. The van der Waals surface area contributed by atoms with Crippen LogP contribution in [0.1, 0.15) is 39.3 Å². The molecule has 0 amide bonds. The molecule has 1 unspecified atom stereocenters. The Bertz CT molecular complexity index is 369. The third-order valence-corrected chi connectivity index (χ3v) is 2.64. The van der Waals surface area contributed by atoms with Crippen molar-refractivity contribution in [3.63, 3.8) is 0 Å². The SMILES string of the molecule is COc1cc(C(C)NCC(C)(C)C)ccc1O. The van der Waals surface area contributed by atoms with E-state index in [2.05, 4.69) is 33.0 Å². The summed E-state index contributed by atoms with van der Waals surface area (Å²) in [6.07, 6.45) is 0. The van der Waals surface area contributed by atoms with E-state index >= 15 is 0 Å². The van der Waals surface area contributed by atoms with Gasteiger partial charge in [0.25, 0.3) is 0 Å². The van der Waals surface area contributed by atoms with Crippen LogP contribution >= 0.6 is 0 Å². The molecule has 17 heavy (non-hydrogen) atoms. The summed E-state index contributed by atoms with van der Waals surface area (Å²) in [5.74, 6) is 0.700. The van der Waals surface area contributed by atoms with E-state index in [-0.39, 0.29) is 17.2 Å². The van der Waals surface area contributed by atoms with Crippen molar-refractivity contribution in [1.82, 2.24) is 5.32 Å². The second kappa shape index (κ2) is 5.41. The van der Waals surface area contributed by atoms with Crippen LogP contribution in [0.2, 0.25) is 0 Å². The van der Waals surface area contributed by atoms with E-state index < -0.39 is 0 Å². The first-order chi connectivity index (χ1) is 7.83. The van der Waals surface area contributed by atoms with Gasteiger partial charge >= 0.3 is 0 Å². The van der Waals surface area contributed by atoms with Crippen molar-refractivity contribution in [2.75, 3.05) is 13.7 Å². The summed E-state index contributed by atoms with van der Waals surface area (Å²) in [4.78, 5) is 0. The average molecular weight is 237 g/mol. The summed E-state index contributed by atoms with van der Waals surface area (Å²) < 4.78 is 5.10. The first-order valence-electron chi connectivity index (χ1n) is 5.94. The van der Waals surface area contributed by atoms with Gasteiger partial charge in [0.15, 0.2) is 11.5 Å². The van der Waals surface area contributed by atoms with Crippen LogP contribution in [-0.2, 0) is 0 Å². The molecule has 0 radical (unpaired) electrons. The minimum absolute atomic E-state index is 0.180. The van der Waals surface area contributed by atoms with Gasteiger partial charge in [-0.05, 0) is 30.0 Å². The highest BCUT2D eigenvalue weighted by Crippen LogP contribution is 2.29. The topological polar surface area (TPSA) is 41.5 Å². The quantitative estimate of drug-likeness (QED) is 0.845. The lowest BCUT2D eigenvalue weighted by Crippen LogP contribution is -2.29. The van der Waals surface area contributed by atoms with E-state index in [9.17, 15) is 5.11 Å². The maximum atomic E-state index is 9.53. The van der Waals surface area contributed by atoms with Gasteiger partial charge in [-0.25, -0.2) is 0 Å². The maximum absolute atomic E-state index is 9.53. The van der Waals surface area contributed by atoms with E-state index in [0.717, 1.165) is 12.1 Å². The predicted molar refractivity (Wildman–Crippen MR) is 70.5 cm³/mol. The lowest BCUT2D eigenvalue weighted by atomic mass is 9.96. The highest BCUT2D eigenvalue weighted by molar-refractivity contribution is 5.42. The molecule has 1 aromatic rings. The summed E-state index contributed by atoms with van der Waals surface area (Å²) in [6, 6.07) is 5.70. The molecule has 0 aliphatic carbocycles. The van der Waals surface area contributed by atoms with Gasteiger partial charge in [-0.1, -0.05) is 26.8 Å². The molecule has 1 atom stereocenters. The highest BCUT2D eigenvalue weighted by atomic mass is 16.5. The van der Waals surface area contributed by atoms with Crippen LogP contribution in [0.4, 0.5) is 0 Å². The molecular formula is C14H23NO2. The van der Waals surface area contributed by atoms with Gasteiger partial charge in [0.2, 0.25) is 0 Å². The largest absolute Gasteiger partial charge is 0.504 e. The molecule has 0 spiro atoms. The Morgan fingerprint density at radius 1 is 1.35 bits per heavy atom. The standard InChI is InChI=1S/C14H23NO2/c1-10(15-9-14(2,3)4)11-6-7-12(16)13(8-11)17-5/h6-8,10,15-16H,9H2,1-5H3. The van der Waals surface area contributed by atoms with Crippen LogP contribution in [0, 0.1) is 5.41 Å². The number of phenols is 1. The van der Waals surface area contributed by atoms with Gasteiger partial charge in [0.1, 0.15) is 0 Å². The smallest absolute Gasteiger partial charge is 0.160 e. The first-order valence-corrected chi connectivity index (χ1v) is 5.94. The van der Waals surface area contributed by atoms with Crippen molar-refractivity contribution in [1.29, 1.82) is 0 Å². The number of phenolic OH excluding ortho intramolecular Hbond substituents is 1. The lowest BCUT2D eigenvalue weighted by molar-refractivity contribution is 0.356. The fourth-order valence-corrected chi connectivity index (χ4v) is 1.54. The van der Waals surface area contributed by atoms with Crippen LogP contribution in [0.25, 0.3) is 0 Å². The molecule has 3 nitrogen and oxygen atoms in total. The fourth-order valence-electron chi connectivity index (χ4n) is 1.54. The molecule has 0 fully saturated rings. The Labute approximate surface area is 104 Å². The highest BCUT2D eigenvalue weighted by Gasteiger charge is 2.13. The fraction of sp³-hybridized carbons (Fsp3) is 0.571. The Hall–Kier alpha value is -1.22. The second-order valence-corrected chi connectivity index (χ2v) is 5.59. The summed E-state index contributed by atoms with van der Waals surface area (Å²) in [5, 5.41) is 13.0. The Morgan fingerprint density at radius 2 is 2.00 bits per heavy atom. The average Bonchev–Trinajstić information content (AvgIpc) is 2.25. The molecule has 1 rings (SSSR count). The number of hydrogen-bond acceptors (Lipinski definition) is 3. The van der Waals surface area contributed by atoms with Crippen LogP contribution < -0.4 is 10.1 Å². The first kappa shape index (κ1) is 13.8. The number of rotatable bonds is 4. The molecular weight excluding hydrogens is 214 g/mol. The van der Waals surface area contributed by atoms with Crippen molar-refractivity contribution < 1.29 is 9.84 Å². The van der Waals surface area contributed by atoms with Gasteiger partial charge < -0.3 is 15.2 Å². The molecule has 2 N–H and O–H groups in total. The molecule has 0 bridgehead atoms. The van der Waals surface area contributed by atoms with Gasteiger partial charge in [-0.3, -0.25) is 0 Å². The summed E-state index contributed by atoms with van der Waals surface area (Å²) in [6.45, 7) is 9.65. The third-order valence-electron chi connectivity index (χ3n) is 2.64. The summed E-state index contributed by atoms with van der Waals surface area (Å²) in [5.41, 5.74) is 1.37. The van der Waals surface area contributed by atoms with Crippen molar-refractivity contribution in [2.24, 2.45) is 5.41 Å². The molecule has 0 saturated heterocycles. The lowest BCUT2D eigenvalue weighted by Gasteiger charge is -2.23. The van der Waals surface area contributed by atoms with Gasteiger partial charge in [-0.2, -0.15) is 0 Å². The van der Waals surface area contributed by atoms with Crippen molar-refractivity contribution in [3.05, 3.63) is 23.8 Å². The molecule has 0 saturated carbocycles. The van der Waals surface area contributed by atoms with E-state index in [4.69, 9.17) is 4.74 Å². The molecule has 0 aromatic heterocycles. The monoisotopic (exact) mass is 237 g/mol. The van der Waals surface area contributed by atoms with Gasteiger partial charge in [-0.15, -0.1) is 0 Å². The Kier molecular flexibility index (Phi) is 4.40. The van der Waals surface area contributed by atoms with Crippen LogP contribution in [0.3, 0.4) is 0 Å². The van der Waals surface area contributed by atoms with Gasteiger partial charge in [0, 0.05) is 12.6 Å². The van der Waals surface area contributed by atoms with Crippen LogP contribution in [-0.4, -0.2) is 18.8 Å². The Balaban J connectivity index is 2.72. The van der Waals surface area contributed by atoms with Crippen LogP contribution in [0.15, 0.2) is 18.2 Å². The van der Waals surface area contributed by atoms with Crippen molar-refractivity contribution in [2.45, 2.75) is 33.7 Å². The van der Waals surface area contributed by atoms with Crippen molar-refractivity contribution in [3.8, 4) is 11.5 Å². The molecule has 0 aliphatic heterocycles. The Morgan fingerprint density at radius 3 is 2.53 bits per heavy atom. The molecule has 0 heterocycles. The number of hydrogen-bond donors (Lipinski definition) is 2. The minimum Gasteiger partial charge on any atom is -0.504 e. The number of benzene rings is 1. The predicted octanol–water partition coefficient (Wildman–Crippen LogP) is 3.10. The summed E-state index contributed by atoms with van der Waals surface area (Å²) in [7, 11) is 1.56. The minimum atomic E-state index is 0.180. The molecule has 96 valence electrons. The molecule has 0 aliphatic rings. The third kappa shape index (κ3) is 4.27. The zero-order valence-corrected chi connectivity index (χ0v) is 11.4. The van der Waals surface area contributed by atoms with E-state index in [1.807, 2.05) is 12.1 Å². The molecule has 1 aromatic carbocycles. The van der Waals surface area contributed by atoms with E-state index in [1.165, 1.54) is 0 Å². The number of aromatic hydroxyl groups is 1.